The van der Waals surface area contributed by atoms with Crippen LogP contribution in [0.4, 0.5) is 18.9 Å². The van der Waals surface area contributed by atoms with Gasteiger partial charge in [-0.2, -0.15) is 13.2 Å². The SMILES string of the molecule is Cc1ccc(SCC(F)(F)F)c(NC(=O)C(C)CN)c1.Cl. The topological polar surface area (TPSA) is 55.1 Å². The minimum absolute atomic E-state index is 0. The number of amides is 1. The van der Waals surface area contributed by atoms with E-state index in [0.29, 0.717) is 22.3 Å². The van der Waals surface area contributed by atoms with Gasteiger partial charge < -0.3 is 11.1 Å². The van der Waals surface area contributed by atoms with Gasteiger partial charge >= 0.3 is 6.18 Å². The number of hydrogen-bond acceptors (Lipinski definition) is 3. The predicted octanol–water partition coefficient (Wildman–Crippen LogP) is 3.60. The number of anilines is 1. The normalized spacial score (nSPS) is 12.5. The lowest BCUT2D eigenvalue weighted by atomic mass is 10.1. The summed E-state index contributed by atoms with van der Waals surface area (Å²) in [4.78, 5) is 12.2. The molecule has 1 atom stereocenters. The number of thioether (sulfide) groups is 1. The molecule has 0 aliphatic heterocycles. The van der Waals surface area contributed by atoms with Crippen LogP contribution in [0, 0.1) is 12.8 Å². The summed E-state index contributed by atoms with van der Waals surface area (Å²) in [6.45, 7) is 3.65. The van der Waals surface area contributed by atoms with Crippen molar-refractivity contribution in [3.05, 3.63) is 23.8 Å². The first-order valence-corrected chi connectivity index (χ1v) is 7.02. The fraction of sp³-hybridized carbons (Fsp3) is 0.462. The smallest absolute Gasteiger partial charge is 0.330 e. The first-order chi connectivity index (χ1) is 9.23. The van der Waals surface area contributed by atoms with E-state index in [4.69, 9.17) is 5.73 Å². The van der Waals surface area contributed by atoms with E-state index < -0.39 is 17.8 Å². The molecule has 120 valence electrons. The van der Waals surface area contributed by atoms with E-state index in [0.717, 1.165) is 5.56 Å². The highest BCUT2D eigenvalue weighted by Gasteiger charge is 2.28. The van der Waals surface area contributed by atoms with E-state index in [1.807, 2.05) is 0 Å². The number of rotatable bonds is 5. The molecule has 3 nitrogen and oxygen atoms in total. The molecule has 1 amide bonds. The Kier molecular flexibility index (Phi) is 8.13. The monoisotopic (exact) mass is 342 g/mol. The second-order valence-electron chi connectivity index (χ2n) is 4.53. The molecule has 0 spiro atoms. The number of alkyl halides is 3. The van der Waals surface area contributed by atoms with E-state index >= 15 is 0 Å². The molecule has 8 heteroatoms. The molecule has 0 radical (unpaired) electrons. The summed E-state index contributed by atoms with van der Waals surface area (Å²) in [5, 5.41) is 2.63. The number of carbonyl (C=O) groups excluding carboxylic acids is 1. The lowest BCUT2D eigenvalue weighted by Crippen LogP contribution is -2.27. The molecule has 0 fully saturated rings. The molecule has 0 aliphatic rings. The van der Waals surface area contributed by atoms with Crippen LogP contribution in [-0.2, 0) is 4.79 Å². The van der Waals surface area contributed by atoms with Crippen LogP contribution in [0.3, 0.4) is 0 Å². The second kappa shape index (κ2) is 8.51. The predicted molar refractivity (Wildman–Crippen MR) is 82.1 cm³/mol. The van der Waals surface area contributed by atoms with E-state index in [9.17, 15) is 18.0 Å². The minimum atomic E-state index is -4.25. The maximum absolute atomic E-state index is 12.3. The van der Waals surface area contributed by atoms with Gasteiger partial charge in [-0.15, -0.1) is 24.2 Å². The third-order valence-electron chi connectivity index (χ3n) is 2.59. The van der Waals surface area contributed by atoms with E-state index in [2.05, 4.69) is 5.32 Å². The average molecular weight is 343 g/mol. The standard InChI is InChI=1S/C13H17F3N2OS.ClH/c1-8-3-4-11(20-7-13(14,15)16)10(5-8)18-12(19)9(2)6-17;/h3-5,9H,6-7,17H2,1-2H3,(H,18,19);1H. The van der Waals surface area contributed by atoms with Crippen LogP contribution in [0.25, 0.3) is 0 Å². The Balaban J connectivity index is 0.00000400. The molecule has 0 bridgehead atoms. The molecule has 0 saturated heterocycles. The highest BCUT2D eigenvalue weighted by molar-refractivity contribution is 7.99. The number of aryl methyl sites for hydroxylation is 1. The van der Waals surface area contributed by atoms with Crippen molar-refractivity contribution in [1.82, 2.24) is 0 Å². The molecule has 1 rings (SSSR count). The van der Waals surface area contributed by atoms with Crippen molar-refractivity contribution in [3.8, 4) is 0 Å². The first kappa shape index (κ1) is 20.1. The molecule has 0 saturated carbocycles. The lowest BCUT2D eigenvalue weighted by Gasteiger charge is -2.15. The molecule has 0 aromatic heterocycles. The van der Waals surface area contributed by atoms with Gasteiger partial charge in [-0.05, 0) is 24.6 Å². The largest absolute Gasteiger partial charge is 0.398 e. The highest BCUT2D eigenvalue weighted by atomic mass is 35.5. The number of nitrogens with two attached hydrogens (primary N) is 1. The van der Waals surface area contributed by atoms with E-state index in [1.165, 1.54) is 0 Å². The van der Waals surface area contributed by atoms with Crippen molar-refractivity contribution >= 4 is 35.8 Å². The van der Waals surface area contributed by atoms with Gasteiger partial charge in [-0.1, -0.05) is 13.0 Å². The zero-order valence-electron chi connectivity index (χ0n) is 11.7. The average Bonchev–Trinajstić information content (AvgIpc) is 2.35. The minimum Gasteiger partial charge on any atom is -0.330 e. The summed E-state index contributed by atoms with van der Waals surface area (Å²) in [5.41, 5.74) is 6.65. The van der Waals surface area contributed by atoms with Gasteiger partial charge in [0.2, 0.25) is 5.91 Å². The Hall–Kier alpha value is -0.920. The Morgan fingerprint density at radius 1 is 1.43 bits per heavy atom. The van der Waals surface area contributed by atoms with Gasteiger partial charge in [0.15, 0.2) is 0 Å². The Bertz CT molecular complexity index is 483. The molecule has 21 heavy (non-hydrogen) atoms. The highest BCUT2D eigenvalue weighted by Crippen LogP contribution is 2.33. The Labute approximate surface area is 132 Å². The number of halogens is 4. The second-order valence-corrected chi connectivity index (χ2v) is 5.55. The zero-order valence-corrected chi connectivity index (χ0v) is 13.3. The Morgan fingerprint density at radius 3 is 2.57 bits per heavy atom. The van der Waals surface area contributed by atoms with Gasteiger partial charge in [-0.25, -0.2) is 0 Å². The summed E-state index contributed by atoms with van der Waals surface area (Å²) < 4.78 is 36.8. The quantitative estimate of drug-likeness (QED) is 0.804. The van der Waals surface area contributed by atoms with Crippen molar-refractivity contribution in [1.29, 1.82) is 0 Å². The van der Waals surface area contributed by atoms with Crippen molar-refractivity contribution in [3.63, 3.8) is 0 Å². The number of hydrogen-bond donors (Lipinski definition) is 2. The number of benzene rings is 1. The summed E-state index contributed by atoms with van der Waals surface area (Å²) in [6, 6.07) is 4.94. The first-order valence-electron chi connectivity index (χ1n) is 6.04. The molecule has 1 aromatic carbocycles. The van der Waals surface area contributed by atoms with Crippen molar-refractivity contribution < 1.29 is 18.0 Å². The molecule has 0 aliphatic carbocycles. The lowest BCUT2D eigenvalue weighted by molar-refractivity contribution is -0.119. The summed E-state index contributed by atoms with van der Waals surface area (Å²) in [6.07, 6.45) is -4.25. The van der Waals surface area contributed by atoms with Gasteiger partial charge in [0, 0.05) is 17.4 Å². The van der Waals surface area contributed by atoms with Crippen molar-refractivity contribution in [2.75, 3.05) is 17.6 Å². The van der Waals surface area contributed by atoms with Crippen LogP contribution in [-0.4, -0.2) is 24.4 Å². The molecule has 1 unspecified atom stereocenters. The van der Waals surface area contributed by atoms with Gasteiger partial charge in [0.05, 0.1) is 11.4 Å². The van der Waals surface area contributed by atoms with Crippen LogP contribution in [0.5, 0.6) is 0 Å². The summed E-state index contributed by atoms with van der Waals surface area (Å²) in [7, 11) is 0. The summed E-state index contributed by atoms with van der Waals surface area (Å²) in [5.74, 6) is -1.69. The maximum Gasteiger partial charge on any atom is 0.398 e. The van der Waals surface area contributed by atoms with Crippen molar-refractivity contribution in [2.24, 2.45) is 11.7 Å². The molecule has 1 aromatic rings. The summed E-state index contributed by atoms with van der Waals surface area (Å²) >= 11 is 0.653. The number of carbonyl (C=O) groups is 1. The van der Waals surface area contributed by atoms with Crippen LogP contribution in [0.15, 0.2) is 23.1 Å². The van der Waals surface area contributed by atoms with Crippen molar-refractivity contribution in [2.45, 2.75) is 24.9 Å². The van der Waals surface area contributed by atoms with Gasteiger partial charge in [0.25, 0.3) is 0 Å². The molecule has 0 heterocycles. The van der Waals surface area contributed by atoms with Crippen LogP contribution >= 0.6 is 24.2 Å². The maximum atomic E-state index is 12.3. The van der Waals surface area contributed by atoms with Gasteiger partial charge in [0.1, 0.15) is 0 Å². The molecular weight excluding hydrogens is 325 g/mol. The number of nitrogens with one attached hydrogen (secondary N) is 1. The fourth-order valence-electron chi connectivity index (χ4n) is 1.39. The third kappa shape index (κ3) is 7.06. The van der Waals surface area contributed by atoms with Crippen LogP contribution in [0.2, 0.25) is 0 Å². The van der Waals surface area contributed by atoms with Gasteiger partial charge in [-0.3, -0.25) is 4.79 Å². The molecule has 3 N–H and O–H groups in total. The fourth-order valence-corrected chi connectivity index (χ4v) is 2.14. The third-order valence-corrected chi connectivity index (χ3v) is 3.72. The molecular formula is C13H18ClF3N2OS. The Morgan fingerprint density at radius 2 is 2.05 bits per heavy atom. The zero-order chi connectivity index (χ0) is 15.3. The van der Waals surface area contributed by atoms with E-state index in [1.54, 1.807) is 32.0 Å². The van der Waals surface area contributed by atoms with Crippen LogP contribution in [0.1, 0.15) is 12.5 Å². The van der Waals surface area contributed by atoms with Crippen LogP contribution < -0.4 is 11.1 Å². The van der Waals surface area contributed by atoms with E-state index in [-0.39, 0.29) is 24.9 Å².